The number of carbonyl (C=O) groups is 1. The first-order chi connectivity index (χ1) is 14.0. The van der Waals surface area contributed by atoms with E-state index in [1.54, 1.807) is 4.68 Å². The Bertz CT molecular complexity index is 1020. The van der Waals surface area contributed by atoms with Gasteiger partial charge in [-0.2, -0.15) is 0 Å². The molecule has 150 valence electrons. The summed E-state index contributed by atoms with van der Waals surface area (Å²) in [5.74, 6) is 0.596. The number of aryl methyl sites for hydroxylation is 1. The lowest BCUT2D eigenvalue weighted by molar-refractivity contribution is 0.0917. The molecule has 4 rings (SSSR count). The minimum Gasteiger partial charge on any atom is -0.347 e. The highest BCUT2D eigenvalue weighted by molar-refractivity contribution is 6.31. The highest BCUT2D eigenvalue weighted by Crippen LogP contribution is 2.27. The number of benzene rings is 2. The molecule has 0 bridgehead atoms. The smallest absolute Gasteiger partial charge is 0.291 e. The van der Waals surface area contributed by atoms with Crippen molar-refractivity contribution in [3.05, 3.63) is 64.4 Å². The van der Waals surface area contributed by atoms with Crippen LogP contribution in [0, 0.1) is 13.8 Å². The first-order valence-electron chi connectivity index (χ1n) is 10.1. The fourth-order valence-corrected chi connectivity index (χ4v) is 3.96. The topological polar surface area (TPSA) is 59.8 Å². The van der Waals surface area contributed by atoms with Crippen molar-refractivity contribution in [1.82, 2.24) is 20.1 Å². The number of nitrogens with zero attached hydrogens (tertiary/aromatic N) is 3. The predicted octanol–water partition coefficient (Wildman–Crippen LogP) is 5.27. The van der Waals surface area contributed by atoms with Crippen molar-refractivity contribution >= 4 is 17.5 Å². The van der Waals surface area contributed by atoms with Gasteiger partial charge in [0.25, 0.3) is 5.91 Å². The summed E-state index contributed by atoms with van der Waals surface area (Å²) in [5, 5.41) is 8.35. The largest absolute Gasteiger partial charge is 0.347 e. The lowest BCUT2D eigenvalue weighted by Crippen LogP contribution is -2.36. The van der Waals surface area contributed by atoms with Crippen LogP contribution in [0.3, 0.4) is 0 Å². The highest BCUT2D eigenvalue weighted by atomic mass is 35.5. The van der Waals surface area contributed by atoms with Crippen molar-refractivity contribution in [1.29, 1.82) is 0 Å². The van der Waals surface area contributed by atoms with Gasteiger partial charge >= 0.3 is 0 Å². The SMILES string of the molecule is Cc1ccc(-c2nc(C(=O)NC3CCCCC3)nn2-c2cccc(Cl)c2C)cc1. The first kappa shape index (κ1) is 19.6. The van der Waals surface area contributed by atoms with Gasteiger partial charge in [0.1, 0.15) is 0 Å². The molecule has 1 amide bonds. The third kappa shape index (κ3) is 4.20. The van der Waals surface area contributed by atoms with Crippen LogP contribution in [0.2, 0.25) is 5.02 Å². The second kappa shape index (κ2) is 8.37. The van der Waals surface area contributed by atoms with Crippen LogP contribution >= 0.6 is 11.6 Å². The summed E-state index contributed by atoms with van der Waals surface area (Å²) in [7, 11) is 0. The van der Waals surface area contributed by atoms with Gasteiger partial charge in [0, 0.05) is 16.6 Å². The molecule has 29 heavy (non-hydrogen) atoms. The van der Waals surface area contributed by atoms with Crippen LogP contribution in [-0.2, 0) is 0 Å². The van der Waals surface area contributed by atoms with E-state index in [0.717, 1.165) is 48.1 Å². The molecule has 0 radical (unpaired) electrons. The molecular formula is C23H25ClN4O. The number of hydrogen-bond donors (Lipinski definition) is 1. The zero-order valence-corrected chi connectivity index (χ0v) is 17.5. The van der Waals surface area contributed by atoms with Crippen LogP contribution in [0.25, 0.3) is 17.1 Å². The lowest BCUT2D eigenvalue weighted by atomic mass is 9.95. The Morgan fingerprint density at radius 1 is 1.07 bits per heavy atom. The summed E-state index contributed by atoms with van der Waals surface area (Å²) >= 11 is 6.34. The van der Waals surface area contributed by atoms with Crippen molar-refractivity contribution in [2.75, 3.05) is 0 Å². The Morgan fingerprint density at radius 2 is 1.79 bits per heavy atom. The Hall–Kier alpha value is -2.66. The lowest BCUT2D eigenvalue weighted by Gasteiger charge is -2.21. The highest BCUT2D eigenvalue weighted by Gasteiger charge is 2.23. The third-order valence-corrected chi connectivity index (χ3v) is 5.94. The molecule has 0 spiro atoms. The van der Waals surface area contributed by atoms with Gasteiger partial charge in [-0.05, 0) is 44.4 Å². The minimum atomic E-state index is -0.219. The van der Waals surface area contributed by atoms with E-state index in [0.29, 0.717) is 10.8 Å². The molecule has 0 saturated heterocycles. The molecule has 1 aliphatic rings. The third-order valence-electron chi connectivity index (χ3n) is 5.53. The van der Waals surface area contributed by atoms with Crippen LogP contribution in [0.1, 0.15) is 53.8 Å². The Kier molecular flexibility index (Phi) is 5.67. The zero-order valence-electron chi connectivity index (χ0n) is 16.8. The van der Waals surface area contributed by atoms with Crippen LogP contribution in [0.15, 0.2) is 42.5 Å². The van der Waals surface area contributed by atoms with Crippen molar-refractivity contribution in [3.8, 4) is 17.1 Å². The van der Waals surface area contributed by atoms with Crippen LogP contribution < -0.4 is 5.32 Å². The van der Waals surface area contributed by atoms with Gasteiger partial charge in [0.15, 0.2) is 5.82 Å². The van der Waals surface area contributed by atoms with E-state index in [9.17, 15) is 4.79 Å². The molecule has 0 unspecified atom stereocenters. The normalized spacial score (nSPS) is 14.7. The number of halogens is 1. The standard InChI is InChI=1S/C23H25ClN4O/c1-15-11-13-17(14-12-15)22-26-21(23(29)25-18-7-4-3-5-8-18)27-28(22)20-10-6-9-19(24)16(20)2/h6,9-14,18H,3-5,7-8H2,1-2H3,(H,25,29). The summed E-state index contributed by atoms with van der Waals surface area (Å²) in [4.78, 5) is 17.5. The van der Waals surface area contributed by atoms with Gasteiger partial charge in [0.05, 0.1) is 5.69 Å². The maximum absolute atomic E-state index is 12.9. The molecule has 1 fully saturated rings. The number of hydrogen-bond acceptors (Lipinski definition) is 3. The molecule has 6 heteroatoms. The molecule has 2 aromatic carbocycles. The van der Waals surface area contributed by atoms with Crippen molar-refractivity contribution in [3.63, 3.8) is 0 Å². The van der Waals surface area contributed by atoms with E-state index in [-0.39, 0.29) is 17.8 Å². The summed E-state index contributed by atoms with van der Waals surface area (Å²) in [6.07, 6.45) is 5.59. The van der Waals surface area contributed by atoms with E-state index < -0.39 is 0 Å². The Morgan fingerprint density at radius 3 is 2.52 bits per heavy atom. The fraction of sp³-hybridized carbons (Fsp3) is 0.348. The van der Waals surface area contributed by atoms with E-state index in [1.165, 1.54) is 6.42 Å². The molecule has 1 saturated carbocycles. The van der Waals surface area contributed by atoms with E-state index in [1.807, 2.05) is 56.3 Å². The van der Waals surface area contributed by atoms with Crippen molar-refractivity contribution in [2.45, 2.75) is 52.0 Å². The van der Waals surface area contributed by atoms with Gasteiger partial charge in [-0.3, -0.25) is 4.79 Å². The summed E-state index contributed by atoms with van der Waals surface area (Å²) in [5.41, 5.74) is 3.78. The monoisotopic (exact) mass is 408 g/mol. The molecule has 5 nitrogen and oxygen atoms in total. The Labute approximate surface area is 176 Å². The average molecular weight is 409 g/mol. The second-order valence-corrected chi connectivity index (χ2v) is 8.14. The second-order valence-electron chi connectivity index (χ2n) is 7.73. The van der Waals surface area contributed by atoms with Crippen molar-refractivity contribution in [2.24, 2.45) is 0 Å². The summed E-state index contributed by atoms with van der Waals surface area (Å²) in [6.45, 7) is 3.98. The molecule has 1 aromatic heterocycles. The van der Waals surface area contributed by atoms with Gasteiger partial charge in [0.2, 0.25) is 5.82 Å². The maximum atomic E-state index is 12.9. The maximum Gasteiger partial charge on any atom is 0.291 e. The molecule has 0 aliphatic heterocycles. The number of nitrogens with one attached hydrogen (secondary N) is 1. The fourth-order valence-electron chi connectivity index (χ4n) is 3.79. The molecule has 1 heterocycles. The number of carbonyl (C=O) groups excluding carboxylic acids is 1. The van der Waals surface area contributed by atoms with Gasteiger partial charge in [-0.1, -0.05) is 66.8 Å². The molecular weight excluding hydrogens is 384 g/mol. The average Bonchev–Trinajstić information content (AvgIpc) is 3.17. The van der Waals surface area contributed by atoms with E-state index in [2.05, 4.69) is 15.4 Å². The van der Waals surface area contributed by atoms with E-state index in [4.69, 9.17) is 11.6 Å². The number of amides is 1. The number of rotatable bonds is 4. The van der Waals surface area contributed by atoms with Crippen LogP contribution in [0.5, 0.6) is 0 Å². The molecule has 1 aliphatic carbocycles. The zero-order chi connectivity index (χ0) is 20.4. The van der Waals surface area contributed by atoms with Crippen molar-refractivity contribution < 1.29 is 4.79 Å². The quantitative estimate of drug-likeness (QED) is 0.639. The molecule has 0 atom stereocenters. The minimum absolute atomic E-state index is 0.186. The summed E-state index contributed by atoms with van der Waals surface area (Å²) < 4.78 is 1.72. The first-order valence-corrected chi connectivity index (χ1v) is 10.5. The van der Waals surface area contributed by atoms with Crippen LogP contribution in [-0.4, -0.2) is 26.7 Å². The van der Waals surface area contributed by atoms with Gasteiger partial charge in [-0.15, -0.1) is 5.10 Å². The molecule has 3 aromatic rings. The number of aromatic nitrogens is 3. The molecule has 1 N–H and O–H groups in total. The van der Waals surface area contributed by atoms with Gasteiger partial charge < -0.3 is 5.32 Å². The van der Waals surface area contributed by atoms with Gasteiger partial charge in [-0.25, -0.2) is 9.67 Å². The van der Waals surface area contributed by atoms with E-state index >= 15 is 0 Å². The summed E-state index contributed by atoms with van der Waals surface area (Å²) in [6, 6.07) is 13.9. The predicted molar refractivity (Wildman–Crippen MR) is 116 cm³/mol. The van der Waals surface area contributed by atoms with Crippen LogP contribution in [0.4, 0.5) is 0 Å². The Balaban J connectivity index is 1.75.